The third-order valence-electron chi connectivity index (χ3n) is 2.80. The molecular weight excluding hydrogens is 349 g/mol. The Bertz CT molecular complexity index is 739. The molecule has 0 spiro atoms. The lowest BCUT2D eigenvalue weighted by Crippen LogP contribution is -2.05. The molecule has 22 heavy (non-hydrogen) atoms. The molecule has 2 aromatic rings. The van der Waals surface area contributed by atoms with Gasteiger partial charge in [-0.15, -0.1) is 0 Å². The van der Waals surface area contributed by atoms with E-state index in [1.165, 1.54) is 0 Å². The van der Waals surface area contributed by atoms with Crippen LogP contribution in [0, 0.1) is 15.9 Å². The van der Waals surface area contributed by atoms with E-state index in [-0.39, 0.29) is 21.2 Å². The van der Waals surface area contributed by atoms with Crippen molar-refractivity contribution in [2.24, 2.45) is 0 Å². The molecule has 0 fully saturated rings. The van der Waals surface area contributed by atoms with E-state index in [0.29, 0.717) is 12.1 Å². The van der Waals surface area contributed by atoms with Crippen LogP contribution in [-0.2, 0) is 6.18 Å². The molecule has 0 aromatic heterocycles. The summed E-state index contributed by atoms with van der Waals surface area (Å²) in [7, 11) is 0. The summed E-state index contributed by atoms with van der Waals surface area (Å²) in [5, 5.41) is 9.87. The highest BCUT2D eigenvalue weighted by Gasteiger charge is 2.32. The van der Waals surface area contributed by atoms with Crippen LogP contribution in [0.3, 0.4) is 0 Å². The SMILES string of the molecule is O=[N+]([O-])c1ccc(-c2c(Cl)cc(C(F)(F)F)cc2Cl)cc1F. The molecule has 2 aromatic carbocycles. The molecule has 0 amide bonds. The number of hydrogen-bond donors (Lipinski definition) is 0. The molecule has 2 rings (SSSR count). The van der Waals surface area contributed by atoms with Crippen LogP contribution in [-0.4, -0.2) is 4.92 Å². The second kappa shape index (κ2) is 5.73. The van der Waals surface area contributed by atoms with Crippen molar-refractivity contribution >= 4 is 28.9 Å². The van der Waals surface area contributed by atoms with Gasteiger partial charge in [0.1, 0.15) is 0 Å². The number of alkyl halides is 3. The van der Waals surface area contributed by atoms with Crippen LogP contribution in [0.15, 0.2) is 30.3 Å². The smallest absolute Gasteiger partial charge is 0.258 e. The molecule has 0 unspecified atom stereocenters. The minimum atomic E-state index is -4.63. The average Bonchev–Trinajstić information content (AvgIpc) is 2.36. The molecule has 0 saturated heterocycles. The molecule has 0 aliphatic heterocycles. The van der Waals surface area contributed by atoms with Crippen molar-refractivity contribution in [3.63, 3.8) is 0 Å². The summed E-state index contributed by atoms with van der Waals surface area (Å²) in [5.41, 5.74) is -1.81. The highest BCUT2D eigenvalue weighted by molar-refractivity contribution is 6.39. The summed E-state index contributed by atoms with van der Waals surface area (Å²) >= 11 is 11.6. The number of nitrogens with zero attached hydrogens (tertiary/aromatic N) is 1. The number of halogens is 6. The largest absolute Gasteiger partial charge is 0.416 e. The van der Waals surface area contributed by atoms with Crippen molar-refractivity contribution in [1.82, 2.24) is 0 Å². The van der Waals surface area contributed by atoms with Crippen LogP contribution in [0.25, 0.3) is 11.1 Å². The lowest BCUT2D eigenvalue weighted by molar-refractivity contribution is -0.387. The number of nitro benzene ring substituents is 1. The second-order valence-corrected chi connectivity index (χ2v) is 5.05. The molecule has 0 heterocycles. The zero-order chi connectivity index (χ0) is 16.7. The van der Waals surface area contributed by atoms with Crippen LogP contribution < -0.4 is 0 Å². The van der Waals surface area contributed by atoms with E-state index in [1.54, 1.807) is 0 Å². The van der Waals surface area contributed by atoms with Gasteiger partial charge in [0.15, 0.2) is 0 Å². The maximum absolute atomic E-state index is 13.6. The van der Waals surface area contributed by atoms with E-state index in [4.69, 9.17) is 23.2 Å². The molecule has 0 aliphatic carbocycles. The van der Waals surface area contributed by atoms with Crippen molar-refractivity contribution in [1.29, 1.82) is 0 Å². The van der Waals surface area contributed by atoms with E-state index in [9.17, 15) is 27.7 Å². The van der Waals surface area contributed by atoms with Gasteiger partial charge < -0.3 is 0 Å². The fourth-order valence-corrected chi connectivity index (χ4v) is 2.53. The minimum Gasteiger partial charge on any atom is -0.258 e. The van der Waals surface area contributed by atoms with Crippen molar-refractivity contribution < 1.29 is 22.5 Å². The second-order valence-electron chi connectivity index (χ2n) is 4.24. The summed E-state index contributed by atoms with van der Waals surface area (Å²) < 4.78 is 51.5. The summed E-state index contributed by atoms with van der Waals surface area (Å²) in [6.45, 7) is 0. The Hall–Kier alpha value is -1.86. The molecule has 0 atom stereocenters. The van der Waals surface area contributed by atoms with Gasteiger partial charge in [0.05, 0.1) is 20.5 Å². The highest BCUT2D eigenvalue weighted by atomic mass is 35.5. The molecule has 116 valence electrons. The molecule has 0 radical (unpaired) electrons. The van der Waals surface area contributed by atoms with E-state index in [1.807, 2.05) is 0 Å². The Morgan fingerprint density at radius 2 is 1.59 bits per heavy atom. The topological polar surface area (TPSA) is 43.1 Å². The molecular formula is C13H5Cl2F4NO2. The van der Waals surface area contributed by atoms with Gasteiger partial charge in [0.2, 0.25) is 5.82 Å². The Kier molecular flexibility index (Phi) is 4.30. The van der Waals surface area contributed by atoms with Crippen molar-refractivity contribution in [2.75, 3.05) is 0 Å². The third kappa shape index (κ3) is 3.15. The van der Waals surface area contributed by atoms with Crippen LogP contribution in [0.5, 0.6) is 0 Å². The first kappa shape index (κ1) is 16.5. The maximum Gasteiger partial charge on any atom is 0.416 e. The monoisotopic (exact) mass is 353 g/mol. The Morgan fingerprint density at radius 3 is 2.00 bits per heavy atom. The number of rotatable bonds is 2. The lowest BCUT2D eigenvalue weighted by atomic mass is 10.0. The van der Waals surface area contributed by atoms with Gasteiger partial charge in [0.25, 0.3) is 0 Å². The Labute approximate surface area is 131 Å². The van der Waals surface area contributed by atoms with Gasteiger partial charge in [-0.25, -0.2) is 0 Å². The predicted molar refractivity (Wildman–Crippen MR) is 73.5 cm³/mol. The van der Waals surface area contributed by atoms with E-state index in [2.05, 4.69) is 0 Å². The van der Waals surface area contributed by atoms with Crippen molar-refractivity contribution in [2.45, 2.75) is 6.18 Å². The predicted octanol–water partition coefficient (Wildman–Crippen LogP) is 5.73. The van der Waals surface area contributed by atoms with Gasteiger partial charge in [-0.1, -0.05) is 23.2 Å². The van der Waals surface area contributed by atoms with Crippen LogP contribution >= 0.6 is 23.2 Å². The van der Waals surface area contributed by atoms with Crippen LogP contribution in [0.4, 0.5) is 23.2 Å². The number of nitro groups is 1. The molecule has 0 saturated carbocycles. The fourth-order valence-electron chi connectivity index (χ4n) is 1.82. The summed E-state index contributed by atoms with van der Waals surface area (Å²) in [6, 6.07) is 4.14. The number of hydrogen-bond acceptors (Lipinski definition) is 2. The van der Waals surface area contributed by atoms with E-state index in [0.717, 1.165) is 18.2 Å². The van der Waals surface area contributed by atoms with Crippen molar-refractivity contribution in [3.05, 3.63) is 61.9 Å². The van der Waals surface area contributed by atoms with Gasteiger partial charge in [-0.05, 0) is 29.8 Å². The molecule has 9 heteroatoms. The Morgan fingerprint density at radius 1 is 1.05 bits per heavy atom. The first-order valence-electron chi connectivity index (χ1n) is 5.62. The van der Waals surface area contributed by atoms with E-state index >= 15 is 0 Å². The minimum absolute atomic E-state index is 0.0341. The standard InChI is InChI=1S/C13H5Cl2F4NO2/c14-8-4-7(13(17,18)19)5-9(15)12(8)6-1-2-11(20(21)22)10(16)3-6/h1-5H. The van der Waals surface area contributed by atoms with E-state index < -0.39 is 28.2 Å². The van der Waals surface area contributed by atoms with Gasteiger partial charge in [0, 0.05) is 11.6 Å². The Balaban J connectivity index is 2.59. The maximum atomic E-state index is 13.6. The lowest BCUT2D eigenvalue weighted by Gasteiger charge is -2.12. The average molecular weight is 354 g/mol. The summed E-state index contributed by atoms with van der Waals surface area (Å²) in [6.07, 6.45) is -4.63. The molecule has 0 N–H and O–H groups in total. The number of benzene rings is 2. The fraction of sp³-hybridized carbons (Fsp3) is 0.0769. The normalized spacial score (nSPS) is 11.5. The highest BCUT2D eigenvalue weighted by Crippen LogP contribution is 2.41. The van der Waals surface area contributed by atoms with Gasteiger partial charge >= 0.3 is 11.9 Å². The molecule has 3 nitrogen and oxygen atoms in total. The first-order valence-corrected chi connectivity index (χ1v) is 6.37. The zero-order valence-electron chi connectivity index (χ0n) is 10.4. The molecule has 0 bridgehead atoms. The van der Waals surface area contributed by atoms with Gasteiger partial charge in [-0.3, -0.25) is 10.1 Å². The summed E-state index contributed by atoms with van der Waals surface area (Å²) in [4.78, 5) is 9.63. The first-order chi connectivity index (χ1) is 10.1. The van der Waals surface area contributed by atoms with Crippen molar-refractivity contribution in [3.8, 4) is 11.1 Å². The zero-order valence-corrected chi connectivity index (χ0v) is 11.9. The van der Waals surface area contributed by atoms with Crippen LogP contribution in [0.2, 0.25) is 10.0 Å². The molecule has 0 aliphatic rings. The third-order valence-corrected chi connectivity index (χ3v) is 3.40. The van der Waals surface area contributed by atoms with Gasteiger partial charge in [-0.2, -0.15) is 17.6 Å². The van der Waals surface area contributed by atoms with Crippen LogP contribution in [0.1, 0.15) is 5.56 Å². The quantitative estimate of drug-likeness (QED) is 0.393. The summed E-state index contributed by atoms with van der Waals surface area (Å²) in [5.74, 6) is -1.14.